The third-order valence-electron chi connectivity index (χ3n) is 5.59. The molecule has 0 saturated heterocycles. The first-order chi connectivity index (χ1) is 13.8. The number of rotatable bonds is 4. The van der Waals surface area contributed by atoms with E-state index in [4.69, 9.17) is 10.7 Å². The van der Waals surface area contributed by atoms with Crippen molar-refractivity contribution in [3.63, 3.8) is 0 Å². The van der Waals surface area contributed by atoms with E-state index in [-0.39, 0.29) is 5.56 Å². The number of aryl methyl sites for hydroxylation is 3. The fourth-order valence-electron chi connectivity index (χ4n) is 3.84. The van der Waals surface area contributed by atoms with E-state index in [2.05, 4.69) is 6.92 Å². The summed E-state index contributed by atoms with van der Waals surface area (Å²) >= 11 is 2.87. The highest BCUT2D eigenvalue weighted by atomic mass is 32.2. The summed E-state index contributed by atoms with van der Waals surface area (Å²) < 4.78 is 1.68. The van der Waals surface area contributed by atoms with Gasteiger partial charge in [-0.2, -0.15) is 0 Å². The van der Waals surface area contributed by atoms with Crippen LogP contribution in [0.2, 0.25) is 0 Å². The molecule has 7 heteroatoms. The van der Waals surface area contributed by atoms with Crippen LogP contribution in [0.25, 0.3) is 15.9 Å². The van der Waals surface area contributed by atoms with E-state index in [0.717, 1.165) is 46.3 Å². The van der Waals surface area contributed by atoms with Gasteiger partial charge in [0.25, 0.3) is 5.56 Å². The first kappa shape index (κ1) is 20.2. The molecule has 3 aromatic rings. The molecule has 2 aromatic heterocycles. The zero-order chi connectivity index (χ0) is 20.9. The number of thioether (sulfide) groups is 1. The molecule has 0 radical (unpaired) electrons. The van der Waals surface area contributed by atoms with Crippen molar-refractivity contribution in [2.75, 3.05) is 0 Å². The second-order valence-corrected chi connectivity index (χ2v) is 10.4. The highest BCUT2D eigenvalue weighted by Gasteiger charge is 2.26. The van der Waals surface area contributed by atoms with Crippen LogP contribution >= 0.6 is 23.1 Å². The lowest BCUT2D eigenvalue weighted by Gasteiger charge is -2.18. The molecular formula is C22H25N3O2S2. The maximum Gasteiger partial charge on any atom is 0.267 e. The molecule has 0 spiro atoms. The molecule has 0 bridgehead atoms. The monoisotopic (exact) mass is 427 g/mol. The van der Waals surface area contributed by atoms with E-state index in [1.165, 1.54) is 22.2 Å². The number of benzene rings is 1. The number of primary amides is 1. The minimum Gasteiger partial charge on any atom is -0.369 e. The van der Waals surface area contributed by atoms with Gasteiger partial charge in [-0.3, -0.25) is 14.2 Å². The third-order valence-corrected chi connectivity index (χ3v) is 7.81. The Morgan fingerprint density at radius 1 is 1.38 bits per heavy atom. The van der Waals surface area contributed by atoms with Gasteiger partial charge in [-0.05, 0) is 68.7 Å². The predicted octanol–water partition coefficient (Wildman–Crippen LogP) is 4.15. The summed E-state index contributed by atoms with van der Waals surface area (Å²) in [4.78, 5) is 32.4. The second-order valence-electron chi connectivity index (χ2n) is 8.02. The van der Waals surface area contributed by atoms with Crippen molar-refractivity contribution in [3.8, 4) is 5.69 Å². The van der Waals surface area contributed by atoms with Gasteiger partial charge in [-0.25, -0.2) is 4.98 Å². The van der Waals surface area contributed by atoms with Gasteiger partial charge in [0, 0.05) is 4.88 Å². The number of hydrogen-bond donors (Lipinski definition) is 1. The number of hydrogen-bond acceptors (Lipinski definition) is 5. The largest absolute Gasteiger partial charge is 0.369 e. The summed E-state index contributed by atoms with van der Waals surface area (Å²) in [6, 6.07) is 6.05. The minimum atomic E-state index is -0.481. The van der Waals surface area contributed by atoms with Gasteiger partial charge in [0.2, 0.25) is 5.91 Å². The smallest absolute Gasteiger partial charge is 0.267 e. The zero-order valence-electron chi connectivity index (χ0n) is 17.1. The lowest BCUT2D eigenvalue weighted by Crippen LogP contribution is -2.27. The quantitative estimate of drug-likeness (QED) is 0.501. The molecule has 0 saturated carbocycles. The Balaban J connectivity index is 2.02. The maximum atomic E-state index is 13.8. The highest BCUT2D eigenvalue weighted by molar-refractivity contribution is 8.00. The molecule has 152 valence electrons. The van der Waals surface area contributed by atoms with Gasteiger partial charge in [0.05, 0.1) is 16.3 Å². The summed E-state index contributed by atoms with van der Waals surface area (Å²) in [5.41, 5.74) is 9.49. The molecule has 2 atom stereocenters. The average Bonchev–Trinajstić information content (AvgIpc) is 3.01. The molecule has 29 heavy (non-hydrogen) atoms. The molecule has 0 aliphatic heterocycles. The summed E-state index contributed by atoms with van der Waals surface area (Å²) in [6.07, 6.45) is 3.01. The molecule has 1 aliphatic rings. The van der Waals surface area contributed by atoms with Gasteiger partial charge < -0.3 is 5.73 Å². The number of nitrogens with zero attached hydrogens (tertiary/aromatic N) is 2. The number of amides is 1. The number of thiophene rings is 1. The van der Waals surface area contributed by atoms with Gasteiger partial charge in [0.1, 0.15) is 4.83 Å². The standard InChI is InChI=1S/C22H25N3O2S2/c1-11-5-7-13(3)16(9-11)25-21(27)18-15-8-6-12(2)10-17(15)29-20(18)24-22(25)28-14(4)19(23)26/h5,7,9,12,14H,6,8,10H2,1-4H3,(H2,23,26)/t12-,14-/m1/s1. The van der Waals surface area contributed by atoms with Crippen molar-refractivity contribution >= 4 is 39.2 Å². The number of nitrogens with two attached hydrogens (primary N) is 1. The number of aromatic nitrogens is 2. The molecular weight excluding hydrogens is 402 g/mol. The zero-order valence-corrected chi connectivity index (χ0v) is 18.7. The van der Waals surface area contributed by atoms with Crippen LogP contribution in [0.15, 0.2) is 28.2 Å². The van der Waals surface area contributed by atoms with Crippen LogP contribution in [0, 0.1) is 19.8 Å². The third kappa shape index (κ3) is 3.62. The molecule has 1 amide bonds. The summed E-state index contributed by atoms with van der Waals surface area (Å²) in [6.45, 7) is 8.00. The average molecular weight is 428 g/mol. The van der Waals surface area contributed by atoms with E-state index < -0.39 is 11.2 Å². The highest BCUT2D eigenvalue weighted by Crippen LogP contribution is 2.37. The fourth-order valence-corrected chi connectivity index (χ4v) is 6.13. The topological polar surface area (TPSA) is 78.0 Å². The van der Waals surface area contributed by atoms with Crippen molar-refractivity contribution in [2.45, 2.75) is 57.4 Å². The van der Waals surface area contributed by atoms with Crippen LogP contribution in [0.1, 0.15) is 41.8 Å². The molecule has 2 heterocycles. The number of fused-ring (bicyclic) bond motifs is 3. The molecule has 1 aliphatic carbocycles. The van der Waals surface area contributed by atoms with Crippen LogP contribution < -0.4 is 11.3 Å². The molecule has 2 N–H and O–H groups in total. The Hall–Kier alpha value is -2.12. The summed E-state index contributed by atoms with van der Waals surface area (Å²) in [5.74, 6) is 0.205. The van der Waals surface area contributed by atoms with E-state index in [9.17, 15) is 9.59 Å². The van der Waals surface area contributed by atoms with E-state index >= 15 is 0 Å². The summed E-state index contributed by atoms with van der Waals surface area (Å²) in [5, 5.41) is 0.786. The van der Waals surface area contributed by atoms with Crippen LogP contribution in [-0.4, -0.2) is 20.7 Å². The molecule has 0 unspecified atom stereocenters. The van der Waals surface area contributed by atoms with Gasteiger partial charge in [-0.1, -0.05) is 30.8 Å². The minimum absolute atomic E-state index is 0.0464. The normalized spacial score (nSPS) is 17.3. The van der Waals surface area contributed by atoms with E-state index in [1.807, 2.05) is 32.0 Å². The van der Waals surface area contributed by atoms with Crippen molar-refractivity contribution in [3.05, 3.63) is 50.1 Å². The van der Waals surface area contributed by atoms with Gasteiger partial charge in [-0.15, -0.1) is 11.3 Å². The Bertz CT molecular complexity index is 1180. The van der Waals surface area contributed by atoms with Crippen LogP contribution in [0.4, 0.5) is 0 Å². The number of carbonyl (C=O) groups is 1. The molecule has 4 rings (SSSR count). The Labute approximate surface area is 178 Å². The molecule has 1 aromatic carbocycles. The maximum absolute atomic E-state index is 13.8. The van der Waals surface area contributed by atoms with Crippen molar-refractivity contribution < 1.29 is 4.79 Å². The first-order valence-corrected chi connectivity index (χ1v) is 11.6. The summed E-state index contributed by atoms with van der Waals surface area (Å²) in [7, 11) is 0. The van der Waals surface area contributed by atoms with Crippen LogP contribution in [-0.2, 0) is 17.6 Å². The van der Waals surface area contributed by atoms with Crippen molar-refractivity contribution in [2.24, 2.45) is 11.7 Å². The molecule has 5 nitrogen and oxygen atoms in total. The number of carbonyl (C=O) groups excluding carboxylic acids is 1. The van der Waals surface area contributed by atoms with Crippen LogP contribution in [0.3, 0.4) is 0 Å². The van der Waals surface area contributed by atoms with Gasteiger partial charge >= 0.3 is 0 Å². The van der Waals surface area contributed by atoms with Crippen molar-refractivity contribution in [1.29, 1.82) is 0 Å². The fraction of sp³-hybridized carbons (Fsp3) is 0.409. The van der Waals surface area contributed by atoms with E-state index in [1.54, 1.807) is 22.8 Å². The lowest BCUT2D eigenvalue weighted by atomic mass is 9.89. The lowest BCUT2D eigenvalue weighted by molar-refractivity contribution is -0.117. The van der Waals surface area contributed by atoms with Crippen LogP contribution in [0.5, 0.6) is 0 Å². The van der Waals surface area contributed by atoms with E-state index in [0.29, 0.717) is 11.1 Å². The Morgan fingerprint density at radius 3 is 2.86 bits per heavy atom. The molecule has 0 fully saturated rings. The van der Waals surface area contributed by atoms with Crippen molar-refractivity contribution in [1.82, 2.24) is 9.55 Å². The predicted molar refractivity (Wildman–Crippen MR) is 120 cm³/mol. The SMILES string of the molecule is Cc1ccc(C)c(-n2c(S[C@H](C)C(N)=O)nc3sc4c(c3c2=O)CC[C@@H](C)C4)c1. The van der Waals surface area contributed by atoms with Gasteiger partial charge in [0.15, 0.2) is 5.16 Å². The Kier molecular flexibility index (Phi) is 5.29. The first-order valence-electron chi connectivity index (χ1n) is 9.87. The Morgan fingerprint density at radius 2 is 2.14 bits per heavy atom. The second kappa shape index (κ2) is 7.61.